The van der Waals surface area contributed by atoms with E-state index >= 15 is 4.39 Å². The van der Waals surface area contributed by atoms with E-state index in [1.807, 2.05) is 48.7 Å². The number of anilines is 1. The van der Waals surface area contributed by atoms with Crippen molar-refractivity contribution in [3.05, 3.63) is 53.5 Å². The summed E-state index contributed by atoms with van der Waals surface area (Å²) in [5.74, 6) is 0.278. The van der Waals surface area contributed by atoms with Gasteiger partial charge in [-0.1, -0.05) is 30.3 Å². The fourth-order valence-electron chi connectivity index (χ4n) is 7.03. The van der Waals surface area contributed by atoms with Gasteiger partial charge in [0.25, 0.3) is 0 Å². The SMILES string of the molecule is C=CC(=O)N1C[C@H](C)N(c2nc(OCC3CCN(C)C3)nc3c(F)c(-c4c(C)ccc5cnn(C6CC6)c45)c(Cl)cc23)C[C@H]1C. The zero-order chi connectivity index (χ0) is 31.6. The molecule has 1 amide bonds. The van der Waals surface area contributed by atoms with E-state index in [4.69, 9.17) is 26.3 Å². The lowest BCUT2D eigenvalue weighted by molar-refractivity contribution is -0.128. The van der Waals surface area contributed by atoms with Crippen LogP contribution >= 0.6 is 11.6 Å². The molecule has 9 nitrogen and oxygen atoms in total. The van der Waals surface area contributed by atoms with Gasteiger partial charge in [0, 0.05) is 59.5 Å². The number of nitrogens with zero attached hydrogens (tertiary/aromatic N) is 7. The Hall–Kier alpha value is -3.76. The number of hydrogen-bond acceptors (Lipinski definition) is 7. The molecule has 2 aromatic carbocycles. The van der Waals surface area contributed by atoms with Crippen LogP contribution in [-0.4, -0.2) is 87.4 Å². The third-order valence-electron chi connectivity index (χ3n) is 9.61. The van der Waals surface area contributed by atoms with E-state index in [0.717, 1.165) is 54.4 Å². The Bertz CT molecular complexity index is 1820. The molecule has 4 aromatic rings. The number of carbonyl (C=O) groups excluding carboxylic acids is 1. The van der Waals surface area contributed by atoms with Gasteiger partial charge in [-0.25, -0.2) is 4.39 Å². The highest BCUT2D eigenvalue weighted by atomic mass is 35.5. The maximum atomic E-state index is 17.1. The van der Waals surface area contributed by atoms with Crippen molar-refractivity contribution in [2.45, 2.75) is 58.2 Å². The first kappa shape index (κ1) is 29.9. The van der Waals surface area contributed by atoms with Crippen molar-refractivity contribution in [2.24, 2.45) is 5.92 Å². The highest BCUT2D eigenvalue weighted by Gasteiger charge is 2.35. The van der Waals surface area contributed by atoms with Crippen molar-refractivity contribution in [3.63, 3.8) is 0 Å². The molecule has 0 bridgehead atoms. The van der Waals surface area contributed by atoms with E-state index in [2.05, 4.69) is 28.5 Å². The third kappa shape index (κ3) is 5.31. The molecule has 2 aliphatic heterocycles. The summed E-state index contributed by atoms with van der Waals surface area (Å²) in [5, 5.41) is 6.41. The van der Waals surface area contributed by atoms with Crippen molar-refractivity contribution in [2.75, 3.05) is 44.7 Å². The third-order valence-corrected chi connectivity index (χ3v) is 9.90. The van der Waals surface area contributed by atoms with E-state index in [1.54, 1.807) is 6.07 Å². The van der Waals surface area contributed by atoms with Crippen LogP contribution in [0.4, 0.5) is 10.2 Å². The number of piperazine rings is 1. The maximum Gasteiger partial charge on any atom is 0.319 e. The van der Waals surface area contributed by atoms with Crippen molar-refractivity contribution < 1.29 is 13.9 Å². The highest BCUT2D eigenvalue weighted by Crippen LogP contribution is 2.45. The Morgan fingerprint density at radius 2 is 1.93 bits per heavy atom. The topological polar surface area (TPSA) is 79.6 Å². The van der Waals surface area contributed by atoms with Gasteiger partial charge in [0.1, 0.15) is 11.3 Å². The van der Waals surface area contributed by atoms with Gasteiger partial charge in [-0.05, 0) is 71.3 Å². The minimum atomic E-state index is -0.507. The monoisotopic (exact) mass is 631 g/mol. The fourth-order valence-corrected chi connectivity index (χ4v) is 7.31. The number of fused-ring (bicyclic) bond motifs is 2. The van der Waals surface area contributed by atoms with Gasteiger partial charge in [-0.2, -0.15) is 15.1 Å². The number of likely N-dealkylation sites (tertiary alicyclic amines) is 1. The summed E-state index contributed by atoms with van der Waals surface area (Å²) in [6.07, 6.45) is 6.31. The maximum absolute atomic E-state index is 17.1. The van der Waals surface area contributed by atoms with E-state index in [1.165, 1.54) is 6.08 Å². The molecule has 3 aliphatic rings. The molecule has 11 heteroatoms. The molecule has 7 rings (SSSR count). The van der Waals surface area contributed by atoms with Gasteiger partial charge in [0.05, 0.1) is 29.4 Å². The normalized spacial score (nSPS) is 22.5. The Morgan fingerprint density at radius 3 is 2.64 bits per heavy atom. The number of amides is 1. The Balaban J connectivity index is 1.38. The second kappa shape index (κ2) is 11.6. The van der Waals surface area contributed by atoms with Crippen LogP contribution < -0.4 is 9.64 Å². The first-order valence-electron chi connectivity index (χ1n) is 15.8. The highest BCUT2D eigenvalue weighted by molar-refractivity contribution is 6.35. The number of rotatable bonds is 7. The molecule has 2 saturated heterocycles. The van der Waals surface area contributed by atoms with Crippen LogP contribution in [0.3, 0.4) is 0 Å². The van der Waals surface area contributed by atoms with Crippen LogP contribution in [0.2, 0.25) is 5.02 Å². The summed E-state index contributed by atoms with van der Waals surface area (Å²) < 4.78 is 25.4. The molecule has 3 atom stereocenters. The first-order valence-corrected chi connectivity index (χ1v) is 16.2. The van der Waals surface area contributed by atoms with Crippen LogP contribution in [0.15, 0.2) is 37.1 Å². The molecule has 1 unspecified atom stereocenters. The van der Waals surface area contributed by atoms with E-state index in [9.17, 15) is 4.79 Å². The molecule has 3 fully saturated rings. The number of halogens is 2. The van der Waals surface area contributed by atoms with Crippen LogP contribution in [0.25, 0.3) is 32.9 Å². The van der Waals surface area contributed by atoms with Crippen molar-refractivity contribution in [3.8, 4) is 17.1 Å². The van der Waals surface area contributed by atoms with Crippen LogP contribution in [0.1, 0.15) is 44.7 Å². The average Bonchev–Trinajstić information content (AvgIpc) is 3.64. The van der Waals surface area contributed by atoms with Crippen LogP contribution in [-0.2, 0) is 4.79 Å². The van der Waals surface area contributed by atoms with E-state index in [-0.39, 0.29) is 34.5 Å². The van der Waals surface area contributed by atoms with Crippen molar-refractivity contribution in [1.29, 1.82) is 0 Å². The molecule has 236 valence electrons. The predicted octanol–water partition coefficient (Wildman–Crippen LogP) is 6.02. The molecule has 1 aliphatic carbocycles. The molecule has 0 radical (unpaired) electrons. The standard InChI is InChI=1S/C34H39ClFN7O2/c1-6-27(44)41-15-21(4)42(16-20(41)3)33-25-13-26(35)29(28-19(2)7-8-23-14-37-43(32(23)28)24-9-10-24)30(36)31(25)38-34(39-33)45-18-22-11-12-40(5)17-22/h6-8,13-14,20-22,24H,1,9-12,15-18H2,2-5H3/t20-,21+,22?/m1/s1. The quantitative estimate of drug-likeness (QED) is 0.231. The molecule has 4 heterocycles. The number of ether oxygens (including phenoxy) is 1. The summed E-state index contributed by atoms with van der Waals surface area (Å²) in [5.41, 5.74) is 3.00. The number of hydrogen-bond donors (Lipinski definition) is 0. The molecular formula is C34H39ClFN7O2. The average molecular weight is 632 g/mol. The lowest BCUT2D eigenvalue weighted by Crippen LogP contribution is -2.58. The Kier molecular flexibility index (Phi) is 7.68. The van der Waals surface area contributed by atoms with Crippen molar-refractivity contribution >= 4 is 45.1 Å². The number of aromatic nitrogens is 4. The van der Waals surface area contributed by atoms with Gasteiger partial charge in [0.2, 0.25) is 5.91 Å². The molecule has 45 heavy (non-hydrogen) atoms. The zero-order valence-corrected chi connectivity index (χ0v) is 27.0. The predicted molar refractivity (Wildman–Crippen MR) is 176 cm³/mol. The fraction of sp³-hybridized carbons (Fsp3) is 0.471. The molecule has 0 spiro atoms. The second-order valence-corrected chi connectivity index (χ2v) is 13.5. The first-order chi connectivity index (χ1) is 21.6. The van der Waals surface area contributed by atoms with E-state index in [0.29, 0.717) is 48.4 Å². The van der Waals surface area contributed by atoms with E-state index < -0.39 is 5.82 Å². The number of carbonyl (C=O) groups is 1. The molecule has 2 aromatic heterocycles. The summed E-state index contributed by atoms with van der Waals surface area (Å²) in [7, 11) is 2.10. The van der Waals surface area contributed by atoms with Crippen molar-refractivity contribution in [1.82, 2.24) is 29.5 Å². The van der Waals surface area contributed by atoms with Gasteiger partial charge >= 0.3 is 6.01 Å². The minimum Gasteiger partial charge on any atom is -0.463 e. The van der Waals surface area contributed by atoms with Gasteiger partial charge in [-0.3, -0.25) is 9.48 Å². The second-order valence-electron chi connectivity index (χ2n) is 13.1. The Morgan fingerprint density at radius 1 is 1.13 bits per heavy atom. The largest absolute Gasteiger partial charge is 0.463 e. The van der Waals surface area contributed by atoms with Gasteiger partial charge in [0.15, 0.2) is 5.82 Å². The lowest BCUT2D eigenvalue weighted by atomic mass is 9.95. The lowest BCUT2D eigenvalue weighted by Gasteiger charge is -2.44. The summed E-state index contributed by atoms with van der Waals surface area (Å²) in [6, 6.07) is 6.03. The molecule has 1 saturated carbocycles. The van der Waals surface area contributed by atoms with Crippen LogP contribution in [0, 0.1) is 18.7 Å². The van der Waals surface area contributed by atoms with Crippen LogP contribution in [0.5, 0.6) is 6.01 Å². The molecule has 0 N–H and O–H groups in total. The van der Waals surface area contributed by atoms with Gasteiger partial charge < -0.3 is 19.4 Å². The molecular weight excluding hydrogens is 593 g/mol. The summed E-state index contributed by atoms with van der Waals surface area (Å²) in [4.78, 5) is 28.3. The smallest absolute Gasteiger partial charge is 0.319 e. The van der Waals surface area contributed by atoms with Gasteiger partial charge in [-0.15, -0.1) is 0 Å². The number of benzene rings is 2. The minimum absolute atomic E-state index is 0.107. The zero-order valence-electron chi connectivity index (χ0n) is 26.3. The Labute approximate surface area is 267 Å². The number of aryl methyl sites for hydroxylation is 1. The summed E-state index contributed by atoms with van der Waals surface area (Å²) in [6.45, 7) is 13.0. The summed E-state index contributed by atoms with van der Waals surface area (Å²) >= 11 is 7.05.